The van der Waals surface area contributed by atoms with Gasteiger partial charge in [0.15, 0.2) is 0 Å². The van der Waals surface area contributed by atoms with Crippen molar-refractivity contribution in [3.63, 3.8) is 0 Å². The number of halogens is 1. The Kier molecular flexibility index (Phi) is 7.08. The predicted molar refractivity (Wildman–Crippen MR) is 64.6 cm³/mol. The van der Waals surface area contributed by atoms with Crippen LogP contribution in [-0.2, 0) is 9.59 Å². The summed E-state index contributed by atoms with van der Waals surface area (Å²) in [6.45, 7) is 0.976. The van der Waals surface area contributed by atoms with Crippen molar-refractivity contribution in [1.29, 1.82) is 0 Å². The second-order valence-corrected chi connectivity index (χ2v) is 4.01. The molecule has 1 saturated heterocycles. The molecular weight excluding hydrogens is 230 g/mol. The topological polar surface area (TPSA) is 61.4 Å². The van der Waals surface area contributed by atoms with Crippen LogP contribution in [0.3, 0.4) is 0 Å². The minimum absolute atomic E-state index is 0. The fourth-order valence-corrected chi connectivity index (χ4v) is 1.52. The van der Waals surface area contributed by atoms with E-state index in [-0.39, 0.29) is 36.8 Å². The summed E-state index contributed by atoms with van der Waals surface area (Å²) in [5, 5.41) is 5.78. The van der Waals surface area contributed by atoms with E-state index in [2.05, 4.69) is 10.6 Å². The van der Waals surface area contributed by atoms with Crippen LogP contribution in [0.4, 0.5) is 0 Å². The smallest absolute Gasteiger partial charge is 0.241 e. The minimum Gasteiger partial charge on any atom is -0.347 e. The quantitative estimate of drug-likeness (QED) is 0.726. The Morgan fingerprint density at radius 1 is 1.38 bits per heavy atom. The first-order chi connectivity index (χ1) is 7.11. The highest BCUT2D eigenvalue weighted by Gasteiger charge is 2.20. The monoisotopic (exact) mass is 249 g/mol. The fourth-order valence-electron chi connectivity index (χ4n) is 1.52. The number of hydrogen-bond donors (Lipinski definition) is 2. The third kappa shape index (κ3) is 4.81. The molecule has 2 N–H and O–H groups in total. The van der Waals surface area contributed by atoms with Crippen LogP contribution in [-0.4, -0.2) is 49.9 Å². The highest BCUT2D eigenvalue weighted by molar-refractivity contribution is 5.87. The van der Waals surface area contributed by atoms with Gasteiger partial charge >= 0.3 is 0 Å². The number of rotatable bonds is 3. The summed E-state index contributed by atoms with van der Waals surface area (Å²) >= 11 is 0. The van der Waals surface area contributed by atoms with E-state index in [1.165, 1.54) is 4.90 Å². The van der Waals surface area contributed by atoms with Gasteiger partial charge in [-0.25, -0.2) is 0 Å². The van der Waals surface area contributed by atoms with E-state index in [1.54, 1.807) is 14.1 Å². The van der Waals surface area contributed by atoms with Gasteiger partial charge in [0.1, 0.15) is 0 Å². The molecule has 1 aliphatic rings. The largest absolute Gasteiger partial charge is 0.347 e. The van der Waals surface area contributed by atoms with E-state index in [4.69, 9.17) is 0 Å². The summed E-state index contributed by atoms with van der Waals surface area (Å²) in [4.78, 5) is 24.3. The number of amides is 2. The highest BCUT2D eigenvalue weighted by atomic mass is 35.5. The van der Waals surface area contributed by atoms with Gasteiger partial charge in [-0.05, 0) is 19.4 Å². The molecule has 1 unspecified atom stereocenters. The Morgan fingerprint density at radius 3 is 2.56 bits per heavy atom. The molecule has 2 amide bonds. The van der Waals surface area contributed by atoms with Crippen LogP contribution in [0.1, 0.15) is 19.3 Å². The summed E-state index contributed by atoms with van der Waals surface area (Å²) in [5.41, 5.74) is 0. The second-order valence-electron chi connectivity index (χ2n) is 4.01. The molecule has 0 aromatic rings. The van der Waals surface area contributed by atoms with Crippen LogP contribution in [0.15, 0.2) is 0 Å². The lowest BCUT2D eigenvalue weighted by molar-refractivity contribution is -0.131. The maximum absolute atomic E-state index is 11.6. The van der Waals surface area contributed by atoms with E-state index < -0.39 is 0 Å². The van der Waals surface area contributed by atoms with Crippen molar-refractivity contribution < 1.29 is 9.59 Å². The molecule has 1 atom stereocenters. The van der Waals surface area contributed by atoms with Crippen LogP contribution in [0.25, 0.3) is 0 Å². The lowest BCUT2D eigenvalue weighted by Gasteiger charge is -2.22. The number of hydrogen-bond acceptors (Lipinski definition) is 3. The zero-order valence-electron chi connectivity index (χ0n) is 9.78. The highest BCUT2D eigenvalue weighted by Crippen LogP contribution is 2.06. The van der Waals surface area contributed by atoms with E-state index in [1.807, 2.05) is 0 Å². The van der Waals surface area contributed by atoms with Crippen LogP contribution < -0.4 is 10.6 Å². The number of carbonyl (C=O) groups is 2. The molecule has 16 heavy (non-hydrogen) atoms. The van der Waals surface area contributed by atoms with Crippen LogP contribution in [0.5, 0.6) is 0 Å². The number of piperidine rings is 1. The van der Waals surface area contributed by atoms with Crippen molar-refractivity contribution in [1.82, 2.24) is 15.5 Å². The summed E-state index contributed by atoms with van der Waals surface area (Å²) in [6.07, 6.45) is 3.06. The first-order valence-corrected chi connectivity index (χ1v) is 5.32. The van der Waals surface area contributed by atoms with E-state index >= 15 is 0 Å². The van der Waals surface area contributed by atoms with Crippen molar-refractivity contribution in [3.8, 4) is 0 Å². The average molecular weight is 250 g/mol. The first-order valence-electron chi connectivity index (χ1n) is 5.32. The van der Waals surface area contributed by atoms with Crippen molar-refractivity contribution in [2.45, 2.75) is 25.3 Å². The number of likely N-dealkylation sites (N-methyl/N-ethyl adjacent to an activating group) is 1. The SMILES string of the molecule is CN(C)C(=O)CNC(=O)C1CCCCN1.Cl. The summed E-state index contributed by atoms with van der Waals surface area (Å²) in [6, 6.07) is -0.117. The van der Waals surface area contributed by atoms with Gasteiger partial charge in [-0.1, -0.05) is 6.42 Å². The molecule has 5 nitrogen and oxygen atoms in total. The molecular formula is C10H20ClN3O2. The lowest BCUT2D eigenvalue weighted by atomic mass is 10.0. The van der Waals surface area contributed by atoms with Gasteiger partial charge in [0.05, 0.1) is 12.6 Å². The Balaban J connectivity index is 0.00000225. The average Bonchev–Trinajstić information content (AvgIpc) is 2.26. The molecule has 0 radical (unpaired) electrons. The van der Waals surface area contributed by atoms with Crippen LogP contribution >= 0.6 is 12.4 Å². The molecule has 0 saturated carbocycles. The van der Waals surface area contributed by atoms with Crippen molar-refractivity contribution in [2.75, 3.05) is 27.2 Å². The Bertz CT molecular complexity index is 240. The molecule has 1 rings (SSSR count). The maximum Gasteiger partial charge on any atom is 0.241 e. The van der Waals surface area contributed by atoms with E-state index in [0.29, 0.717) is 0 Å². The third-order valence-electron chi connectivity index (χ3n) is 2.54. The molecule has 1 aliphatic heterocycles. The zero-order chi connectivity index (χ0) is 11.3. The van der Waals surface area contributed by atoms with Crippen molar-refractivity contribution >= 4 is 24.2 Å². The lowest BCUT2D eigenvalue weighted by Crippen LogP contribution is -2.48. The summed E-state index contributed by atoms with van der Waals surface area (Å²) in [5.74, 6) is -0.149. The molecule has 0 aromatic carbocycles. The van der Waals surface area contributed by atoms with Gasteiger partial charge in [-0.3, -0.25) is 9.59 Å². The number of carbonyl (C=O) groups excluding carboxylic acids is 2. The molecule has 1 fully saturated rings. The van der Waals surface area contributed by atoms with Crippen molar-refractivity contribution in [2.24, 2.45) is 0 Å². The third-order valence-corrected chi connectivity index (χ3v) is 2.54. The Hall–Kier alpha value is -0.810. The van der Waals surface area contributed by atoms with Crippen molar-refractivity contribution in [3.05, 3.63) is 0 Å². The number of nitrogens with one attached hydrogen (secondary N) is 2. The normalized spacial score (nSPS) is 19.5. The van der Waals surface area contributed by atoms with E-state index in [0.717, 1.165) is 25.8 Å². The minimum atomic E-state index is -0.117. The Morgan fingerprint density at radius 2 is 2.06 bits per heavy atom. The fraction of sp³-hybridized carbons (Fsp3) is 0.800. The Labute approximate surface area is 102 Å². The maximum atomic E-state index is 11.6. The summed E-state index contributed by atoms with van der Waals surface area (Å²) in [7, 11) is 3.35. The molecule has 0 aliphatic carbocycles. The van der Waals surface area contributed by atoms with Gasteiger partial charge < -0.3 is 15.5 Å². The molecule has 1 heterocycles. The zero-order valence-corrected chi connectivity index (χ0v) is 10.6. The van der Waals surface area contributed by atoms with Crippen LogP contribution in [0.2, 0.25) is 0 Å². The van der Waals surface area contributed by atoms with Gasteiger partial charge in [-0.2, -0.15) is 0 Å². The second kappa shape index (κ2) is 7.46. The molecule has 0 bridgehead atoms. The summed E-state index contributed by atoms with van der Waals surface area (Å²) < 4.78 is 0. The van der Waals surface area contributed by atoms with Crippen LogP contribution in [0, 0.1) is 0 Å². The predicted octanol–water partition coefficient (Wildman–Crippen LogP) is -0.245. The number of nitrogens with zero attached hydrogens (tertiary/aromatic N) is 1. The van der Waals surface area contributed by atoms with Gasteiger partial charge in [-0.15, -0.1) is 12.4 Å². The molecule has 94 valence electrons. The van der Waals surface area contributed by atoms with Gasteiger partial charge in [0, 0.05) is 14.1 Å². The molecule has 6 heteroatoms. The van der Waals surface area contributed by atoms with E-state index in [9.17, 15) is 9.59 Å². The molecule has 0 aromatic heterocycles. The molecule has 0 spiro atoms. The van der Waals surface area contributed by atoms with Gasteiger partial charge in [0.2, 0.25) is 11.8 Å². The standard InChI is InChI=1S/C10H19N3O2.ClH/c1-13(2)9(14)7-12-10(15)8-5-3-4-6-11-8;/h8,11H,3-7H2,1-2H3,(H,12,15);1H. The van der Waals surface area contributed by atoms with Gasteiger partial charge in [0.25, 0.3) is 0 Å². The first kappa shape index (κ1) is 15.2.